The summed E-state index contributed by atoms with van der Waals surface area (Å²) < 4.78 is 30.6. The van der Waals surface area contributed by atoms with Crippen LogP contribution in [0.25, 0.3) is 0 Å². The monoisotopic (exact) mass is 866 g/mol. The van der Waals surface area contributed by atoms with E-state index < -0.39 is 112 Å². The van der Waals surface area contributed by atoms with Crippen LogP contribution in [0.2, 0.25) is 0 Å². The molecule has 1 amide bonds. The van der Waals surface area contributed by atoms with Crippen LogP contribution in [0.15, 0.2) is 102 Å². The van der Waals surface area contributed by atoms with Crippen LogP contribution in [0, 0.1) is 16.7 Å². The molecule has 15 heteroatoms. The zero-order chi connectivity index (χ0) is 45.9. The molecule has 7 rings (SSSR count). The van der Waals surface area contributed by atoms with Crippen LogP contribution < -0.4 is 11.1 Å². The zero-order valence-corrected chi connectivity index (χ0v) is 36.3. The van der Waals surface area contributed by atoms with Gasteiger partial charge in [-0.2, -0.15) is 0 Å². The molecule has 63 heavy (non-hydrogen) atoms. The summed E-state index contributed by atoms with van der Waals surface area (Å²) in [4.78, 5) is 84.3. The zero-order valence-electron chi connectivity index (χ0n) is 36.3. The fourth-order valence-electron chi connectivity index (χ4n) is 10.4. The second-order valence-corrected chi connectivity index (χ2v) is 18.1. The van der Waals surface area contributed by atoms with Crippen molar-refractivity contribution in [3.05, 3.63) is 119 Å². The highest BCUT2D eigenvalue weighted by Crippen LogP contribution is 2.64. The summed E-state index contributed by atoms with van der Waals surface area (Å²) in [6.45, 7) is 9.52. The van der Waals surface area contributed by atoms with Gasteiger partial charge in [0.25, 0.3) is 5.91 Å². The van der Waals surface area contributed by atoms with Gasteiger partial charge < -0.3 is 44.9 Å². The van der Waals surface area contributed by atoms with Gasteiger partial charge in [-0.25, -0.2) is 9.59 Å². The van der Waals surface area contributed by atoms with E-state index in [1.165, 1.54) is 26.0 Å². The van der Waals surface area contributed by atoms with Crippen molar-refractivity contribution in [1.29, 1.82) is 0 Å². The number of nitrogens with one attached hydrogen (secondary N) is 1. The second-order valence-electron chi connectivity index (χ2n) is 18.1. The largest absolute Gasteiger partial charge is 0.456 e. The standard InChI is InChI=1S/C48H54N2O13/c1-26-32(61-43(57)46(7,49)38(29-17-11-8-12-18-29)50-41(55)30-19-13-9-14-20-30)24-48(58)40(62-42(56)31-21-15-10-16-22-31)37-45(6,33(53)23-34-47(37,25-59-34)63-28(3)52)39(54)36(60-27(2)51)35(26)44(48,4)5/h8-22,32-34,36-38,40,53,58H,23-25,49H2,1-7H3,(H,50,55)/t32-,33-,34+,36+,37-,38-,40-,45+,46-,47-,48+/m0/s1. The molecule has 4 aliphatic rings. The maximum absolute atomic E-state index is 15.6. The van der Waals surface area contributed by atoms with Crippen LogP contribution >= 0.6 is 0 Å². The van der Waals surface area contributed by atoms with Gasteiger partial charge in [0.15, 0.2) is 17.5 Å². The van der Waals surface area contributed by atoms with E-state index >= 15 is 4.79 Å². The smallest absolute Gasteiger partial charge is 0.338 e. The summed E-state index contributed by atoms with van der Waals surface area (Å²) in [6, 6.07) is 23.7. The number of hydrogen-bond acceptors (Lipinski definition) is 14. The number of carbonyl (C=O) groups is 6. The van der Waals surface area contributed by atoms with Crippen molar-refractivity contribution in [2.45, 2.75) is 115 Å². The molecule has 3 aliphatic carbocycles. The minimum absolute atomic E-state index is 0.0334. The molecule has 15 nitrogen and oxygen atoms in total. The average molecular weight is 867 g/mol. The summed E-state index contributed by atoms with van der Waals surface area (Å²) in [5.74, 6) is -6.48. The molecule has 1 aliphatic heterocycles. The van der Waals surface area contributed by atoms with E-state index in [-0.39, 0.29) is 29.7 Å². The van der Waals surface area contributed by atoms with Gasteiger partial charge >= 0.3 is 23.9 Å². The quantitative estimate of drug-likeness (QED) is 0.128. The Morgan fingerprint density at radius 2 is 1.43 bits per heavy atom. The van der Waals surface area contributed by atoms with Gasteiger partial charge in [-0.3, -0.25) is 19.2 Å². The third kappa shape index (κ3) is 7.43. The number of Topliss-reactive ketones (excluding diaryl/α,β-unsaturated/α-hetero) is 1. The Balaban J connectivity index is 1.41. The minimum Gasteiger partial charge on any atom is -0.456 e. The van der Waals surface area contributed by atoms with Crippen molar-refractivity contribution in [3.63, 3.8) is 0 Å². The van der Waals surface area contributed by atoms with Gasteiger partial charge in [0.05, 0.1) is 35.6 Å². The van der Waals surface area contributed by atoms with Gasteiger partial charge in [0, 0.05) is 37.7 Å². The minimum atomic E-state index is -2.36. The number of aliphatic hydroxyl groups excluding tert-OH is 1. The molecule has 1 saturated heterocycles. The highest BCUT2D eigenvalue weighted by Gasteiger charge is 2.78. The van der Waals surface area contributed by atoms with Crippen molar-refractivity contribution in [2.24, 2.45) is 22.5 Å². The van der Waals surface area contributed by atoms with E-state index in [9.17, 15) is 34.2 Å². The van der Waals surface area contributed by atoms with Crippen molar-refractivity contribution in [3.8, 4) is 0 Å². The van der Waals surface area contributed by atoms with Crippen LogP contribution in [0.5, 0.6) is 0 Å². The maximum Gasteiger partial charge on any atom is 0.338 e. The summed E-state index contributed by atoms with van der Waals surface area (Å²) >= 11 is 0. The Labute approximate surface area is 365 Å². The number of carbonyl (C=O) groups excluding carboxylic acids is 6. The van der Waals surface area contributed by atoms with Gasteiger partial charge in [-0.05, 0) is 61.7 Å². The number of fused-ring (bicyclic) bond motifs is 5. The fraction of sp³-hybridized carbons (Fsp3) is 0.458. The molecule has 11 atom stereocenters. The first-order valence-corrected chi connectivity index (χ1v) is 20.9. The molecule has 334 valence electrons. The molecule has 3 fully saturated rings. The molecular weight excluding hydrogens is 813 g/mol. The van der Waals surface area contributed by atoms with E-state index in [0.29, 0.717) is 11.1 Å². The Kier molecular flexibility index (Phi) is 11.8. The second kappa shape index (κ2) is 16.4. The van der Waals surface area contributed by atoms with Gasteiger partial charge in [-0.1, -0.05) is 80.6 Å². The molecule has 0 spiro atoms. The Hall–Kier alpha value is -5.74. The predicted octanol–water partition coefficient (Wildman–Crippen LogP) is 4.09. The highest BCUT2D eigenvalue weighted by molar-refractivity contribution is 5.96. The molecule has 2 bridgehead atoms. The fourth-order valence-corrected chi connectivity index (χ4v) is 10.4. The van der Waals surface area contributed by atoms with Crippen molar-refractivity contribution >= 4 is 35.6 Å². The number of ether oxygens (including phenoxy) is 5. The third-order valence-corrected chi connectivity index (χ3v) is 13.9. The number of benzene rings is 3. The number of ketones is 1. The lowest BCUT2D eigenvalue weighted by Gasteiger charge is -2.67. The van der Waals surface area contributed by atoms with E-state index in [4.69, 9.17) is 29.4 Å². The molecule has 3 aromatic carbocycles. The number of nitrogens with two attached hydrogens (primary N) is 1. The molecule has 1 heterocycles. The average Bonchev–Trinajstić information content (AvgIpc) is 3.24. The van der Waals surface area contributed by atoms with E-state index in [2.05, 4.69) is 5.32 Å². The predicted molar refractivity (Wildman–Crippen MR) is 224 cm³/mol. The highest BCUT2D eigenvalue weighted by atomic mass is 16.6. The van der Waals surface area contributed by atoms with E-state index in [0.717, 1.165) is 13.8 Å². The molecule has 3 aromatic rings. The van der Waals surface area contributed by atoms with Crippen molar-refractivity contribution in [2.75, 3.05) is 6.61 Å². The first-order chi connectivity index (χ1) is 29.6. The Bertz CT molecular complexity index is 2330. The first kappa shape index (κ1) is 45.3. The lowest BCUT2D eigenvalue weighted by Crippen LogP contribution is -2.82. The third-order valence-electron chi connectivity index (χ3n) is 13.9. The van der Waals surface area contributed by atoms with E-state index in [1.807, 2.05) is 0 Å². The molecule has 2 saturated carbocycles. The molecule has 5 N–H and O–H groups in total. The van der Waals surface area contributed by atoms with Crippen LogP contribution in [0.3, 0.4) is 0 Å². The topological polar surface area (TPSA) is 227 Å². The first-order valence-electron chi connectivity index (χ1n) is 20.9. The molecule has 0 aromatic heterocycles. The number of hydrogen-bond donors (Lipinski definition) is 4. The van der Waals surface area contributed by atoms with Crippen molar-refractivity contribution < 1.29 is 62.7 Å². The lowest BCUT2D eigenvalue weighted by atomic mass is 9.44. The van der Waals surface area contributed by atoms with Gasteiger partial charge in [0.1, 0.15) is 29.5 Å². The molecule has 0 unspecified atom stereocenters. The molecular formula is C48H54N2O13. The van der Waals surface area contributed by atoms with Crippen LogP contribution in [-0.2, 0) is 42.9 Å². The number of amides is 1. The summed E-state index contributed by atoms with van der Waals surface area (Å²) in [5, 5.41) is 28.8. The van der Waals surface area contributed by atoms with Crippen LogP contribution in [0.4, 0.5) is 0 Å². The maximum atomic E-state index is 15.6. The normalized spacial score (nSPS) is 32.1. The van der Waals surface area contributed by atoms with Crippen LogP contribution in [-0.4, -0.2) is 99.6 Å². The number of esters is 4. The van der Waals surface area contributed by atoms with Crippen LogP contribution in [0.1, 0.15) is 93.6 Å². The Morgan fingerprint density at radius 1 is 0.857 bits per heavy atom. The van der Waals surface area contributed by atoms with Crippen molar-refractivity contribution in [1.82, 2.24) is 5.32 Å². The number of rotatable bonds is 10. The number of aliphatic hydroxyl groups is 2. The summed E-state index contributed by atoms with van der Waals surface area (Å²) in [7, 11) is 0. The summed E-state index contributed by atoms with van der Waals surface area (Å²) in [5.41, 5.74) is -1.75. The summed E-state index contributed by atoms with van der Waals surface area (Å²) in [6.07, 6.45) is -8.29. The Morgan fingerprint density at radius 3 is 1.97 bits per heavy atom. The van der Waals surface area contributed by atoms with E-state index in [1.54, 1.807) is 99.6 Å². The SMILES string of the molecule is CC(=O)O[C@H]1C(=O)[C@@]2(C)[C@H]([C@H](OC(=O)c3ccccc3)[C@]3(O)C[C@H](OC(=O)[C@@](C)(N)[C@@H](NC(=O)c4ccccc4)c4ccccc4)C(C)=C1C3(C)C)[C@]1(OC(C)=O)CO[C@@H]1C[C@@H]2O. The van der Waals surface area contributed by atoms with Gasteiger partial charge in [0.2, 0.25) is 0 Å². The molecule has 0 radical (unpaired) electrons. The van der Waals surface area contributed by atoms with Gasteiger partial charge in [-0.15, -0.1) is 0 Å². The lowest BCUT2D eigenvalue weighted by molar-refractivity contribution is -0.346.